The van der Waals surface area contributed by atoms with Crippen LogP contribution in [-0.4, -0.2) is 33.2 Å². The molecule has 154 valence electrons. The number of amides is 1. The minimum Gasteiger partial charge on any atom is -0.452 e. The zero-order valence-electron chi connectivity index (χ0n) is 16.7. The molecule has 9 nitrogen and oxygen atoms in total. The van der Waals surface area contributed by atoms with E-state index in [0.717, 1.165) is 5.69 Å². The van der Waals surface area contributed by atoms with Crippen LogP contribution in [0, 0.1) is 30.9 Å². The van der Waals surface area contributed by atoms with Gasteiger partial charge in [0.15, 0.2) is 6.61 Å². The smallest absolute Gasteiger partial charge is 0.342 e. The first-order valence-electron chi connectivity index (χ1n) is 9.11. The summed E-state index contributed by atoms with van der Waals surface area (Å²) in [6.07, 6.45) is 0. The van der Waals surface area contributed by atoms with Gasteiger partial charge in [0, 0.05) is 12.1 Å². The second-order valence-electron chi connectivity index (χ2n) is 6.67. The van der Waals surface area contributed by atoms with Crippen molar-refractivity contribution in [2.75, 3.05) is 11.9 Å². The number of aryl methyl sites for hydroxylation is 2. The molecule has 0 aliphatic carbocycles. The monoisotopic (exact) mass is 408 g/mol. The number of hydrogen-bond donors (Lipinski definition) is 1. The first-order valence-corrected chi connectivity index (χ1v) is 9.11. The number of para-hydroxylation sites is 1. The standard InChI is InChI=1S/C21H20N4O5/c1-13-9-10-17(25(28)29)11-18(13)22-19(26)12-30-21(27)20-14(2)23-24(15(20)3)16-7-5-4-6-8-16/h4-11H,12H2,1-3H3,(H,22,26). The molecule has 1 aromatic heterocycles. The van der Waals surface area contributed by atoms with Crippen molar-refractivity contribution in [2.45, 2.75) is 20.8 Å². The zero-order valence-corrected chi connectivity index (χ0v) is 16.7. The number of non-ortho nitro benzene ring substituents is 1. The van der Waals surface area contributed by atoms with Crippen molar-refractivity contribution in [3.8, 4) is 5.69 Å². The average Bonchev–Trinajstić information content (AvgIpc) is 3.02. The van der Waals surface area contributed by atoms with Gasteiger partial charge in [-0.05, 0) is 38.5 Å². The molecule has 1 heterocycles. The van der Waals surface area contributed by atoms with E-state index >= 15 is 0 Å². The molecule has 0 aliphatic heterocycles. The first kappa shape index (κ1) is 20.7. The summed E-state index contributed by atoms with van der Waals surface area (Å²) in [6, 6.07) is 13.5. The van der Waals surface area contributed by atoms with Crippen LogP contribution in [0.1, 0.15) is 27.3 Å². The molecule has 0 radical (unpaired) electrons. The Hall–Kier alpha value is -4.01. The van der Waals surface area contributed by atoms with Gasteiger partial charge in [-0.3, -0.25) is 14.9 Å². The summed E-state index contributed by atoms with van der Waals surface area (Å²) in [4.78, 5) is 35.1. The Kier molecular flexibility index (Phi) is 5.91. The van der Waals surface area contributed by atoms with E-state index in [0.29, 0.717) is 17.0 Å². The normalized spacial score (nSPS) is 10.5. The van der Waals surface area contributed by atoms with E-state index in [1.54, 1.807) is 25.5 Å². The lowest BCUT2D eigenvalue weighted by atomic mass is 10.2. The Morgan fingerprint density at radius 3 is 2.50 bits per heavy atom. The van der Waals surface area contributed by atoms with Gasteiger partial charge in [-0.25, -0.2) is 9.48 Å². The van der Waals surface area contributed by atoms with Gasteiger partial charge in [0.2, 0.25) is 0 Å². The van der Waals surface area contributed by atoms with E-state index in [9.17, 15) is 19.7 Å². The van der Waals surface area contributed by atoms with Crippen LogP contribution in [0.15, 0.2) is 48.5 Å². The van der Waals surface area contributed by atoms with Crippen LogP contribution in [0.5, 0.6) is 0 Å². The summed E-state index contributed by atoms with van der Waals surface area (Å²) in [7, 11) is 0. The third kappa shape index (κ3) is 4.35. The van der Waals surface area contributed by atoms with Crippen molar-refractivity contribution in [2.24, 2.45) is 0 Å². The van der Waals surface area contributed by atoms with Gasteiger partial charge in [-0.2, -0.15) is 5.10 Å². The third-order valence-electron chi connectivity index (χ3n) is 4.54. The molecule has 0 bridgehead atoms. The van der Waals surface area contributed by atoms with Crippen molar-refractivity contribution in [1.29, 1.82) is 0 Å². The molecule has 1 amide bonds. The SMILES string of the molecule is Cc1ccc([N+](=O)[O-])cc1NC(=O)COC(=O)c1c(C)nn(-c2ccccc2)c1C. The molecule has 0 aliphatic rings. The summed E-state index contributed by atoms with van der Waals surface area (Å²) in [5.74, 6) is -1.27. The Labute approximate surface area is 172 Å². The van der Waals surface area contributed by atoms with E-state index in [1.807, 2.05) is 30.3 Å². The number of rotatable bonds is 6. The highest BCUT2D eigenvalue weighted by molar-refractivity contribution is 5.97. The highest BCUT2D eigenvalue weighted by atomic mass is 16.6. The molecule has 3 rings (SSSR count). The number of aromatic nitrogens is 2. The van der Waals surface area contributed by atoms with Gasteiger partial charge in [-0.1, -0.05) is 24.3 Å². The largest absolute Gasteiger partial charge is 0.452 e. The van der Waals surface area contributed by atoms with Crippen LogP contribution in [0.25, 0.3) is 5.69 Å². The Morgan fingerprint density at radius 2 is 1.83 bits per heavy atom. The van der Waals surface area contributed by atoms with Crippen LogP contribution in [0.2, 0.25) is 0 Å². The average molecular weight is 408 g/mol. The van der Waals surface area contributed by atoms with Crippen molar-refractivity contribution in [3.05, 3.63) is 81.2 Å². The Balaban J connectivity index is 1.69. The number of anilines is 1. The summed E-state index contributed by atoms with van der Waals surface area (Å²) >= 11 is 0. The predicted molar refractivity (Wildman–Crippen MR) is 110 cm³/mol. The van der Waals surface area contributed by atoms with E-state index < -0.39 is 23.4 Å². The minimum absolute atomic E-state index is 0.146. The number of nitrogens with one attached hydrogen (secondary N) is 1. The number of carbonyl (C=O) groups is 2. The van der Waals surface area contributed by atoms with E-state index in [-0.39, 0.29) is 16.9 Å². The van der Waals surface area contributed by atoms with Crippen molar-refractivity contribution in [1.82, 2.24) is 9.78 Å². The number of nitro groups is 1. The molecular weight excluding hydrogens is 388 g/mol. The summed E-state index contributed by atoms with van der Waals surface area (Å²) in [6.45, 7) is 4.61. The molecule has 30 heavy (non-hydrogen) atoms. The summed E-state index contributed by atoms with van der Waals surface area (Å²) in [5.41, 5.74) is 2.96. The van der Waals surface area contributed by atoms with E-state index in [1.165, 1.54) is 18.2 Å². The molecule has 0 saturated heterocycles. The second kappa shape index (κ2) is 8.56. The van der Waals surface area contributed by atoms with Gasteiger partial charge < -0.3 is 10.1 Å². The van der Waals surface area contributed by atoms with Gasteiger partial charge in [0.1, 0.15) is 5.56 Å². The zero-order chi connectivity index (χ0) is 21.8. The lowest BCUT2D eigenvalue weighted by Crippen LogP contribution is -2.22. The molecule has 0 unspecified atom stereocenters. The van der Waals surface area contributed by atoms with Gasteiger partial charge in [0.25, 0.3) is 11.6 Å². The van der Waals surface area contributed by atoms with Gasteiger partial charge >= 0.3 is 5.97 Å². The fourth-order valence-corrected chi connectivity index (χ4v) is 3.01. The maximum atomic E-state index is 12.6. The molecular formula is C21H20N4O5. The molecule has 9 heteroatoms. The van der Waals surface area contributed by atoms with E-state index in [2.05, 4.69) is 10.4 Å². The third-order valence-corrected chi connectivity index (χ3v) is 4.54. The van der Waals surface area contributed by atoms with Crippen LogP contribution in [-0.2, 0) is 9.53 Å². The second-order valence-corrected chi connectivity index (χ2v) is 6.67. The minimum atomic E-state index is -0.668. The number of nitrogens with zero attached hydrogens (tertiary/aromatic N) is 3. The maximum Gasteiger partial charge on any atom is 0.342 e. The number of ether oxygens (including phenoxy) is 1. The predicted octanol–water partition coefficient (Wildman–Crippen LogP) is 3.50. The quantitative estimate of drug-likeness (QED) is 0.379. The molecule has 0 fully saturated rings. The molecule has 0 atom stereocenters. The van der Waals surface area contributed by atoms with Gasteiger partial charge in [0.05, 0.1) is 27.7 Å². The fraction of sp³-hybridized carbons (Fsp3) is 0.190. The van der Waals surface area contributed by atoms with Gasteiger partial charge in [-0.15, -0.1) is 0 Å². The molecule has 0 spiro atoms. The number of nitro benzene ring substituents is 1. The van der Waals surface area contributed by atoms with Crippen LogP contribution >= 0.6 is 0 Å². The van der Waals surface area contributed by atoms with Crippen LogP contribution in [0.4, 0.5) is 11.4 Å². The molecule has 2 aromatic carbocycles. The Bertz CT molecular complexity index is 1120. The van der Waals surface area contributed by atoms with Crippen molar-refractivity contribution < 1.29 is 19.2 Å². The lowest BCUT2D eigenvalue weighted by molar-refractivity contribution is -0.384. The number of carbonyl (C=O) groups excluding carboxylic acids is 2. The summed E-state index contributed by atoms with van der Waals surface area (Å²) in [5, 5.41) is 17.8. The number of hydrogen-bond acceptors (Lipinski definition) is 6. The van der Waals surface area contributed by atoms with Crippen molar-refractivity contribution >= 4 is 23.3 Å². The molecule has 3 aromatic rings. The topological polar surface area (TPSA) is 116 Å². The molecule has 0 saturated carbocycles. The van der Waals surface area contributed by atoms with E-state index in [4.69, 9.17) is 4.74 Å². The van der Waals surface area contributed by atoms with Crippen molar-refractivity contribution in [3.63, 3.8) is 0 Å². The number of esters is 1. The molecule has 1 N–H and O–H groups in total. The highest BCUT2D eigenvalue weighted by Gasteiger charge is 2.22. The lowest BCUT2D eigenvalue weighted by Gasteiger charge is -2.09. The fourth-order valence-electron chi connectivity index (χ4n) is 3.01. The summed E-state index contributed by atoms with van der Waals surface area (Å²) < 4.78 is 6.79. The Morgan fingerprint density at radius 1 is 1.13 bits per heavy atom. The van der Waals surface area contributed by atoms with Crippen LogP contribution in [0.3, 0.4) is 0 Å². The highest BCUT2D eigenvalue weighted by Crippen LogP contribution is 2.22. The maximum absolute atomic E-state index is 12.6. The van der Waals surface area contributed by atoms with Crippen LogP contribution < -0.4 is 5.32 Å². The first-order chi connectivity index (χ1) is 14.3. The number of benzene rings is 2.